The Morgan fingerprint density at radius 1 is 1.37 bits per heavy atom. The molecule has 0 bridgehead atoms. The van der Waals surface area contributed by atoms with E-state index < -0.39 is 0 Å². The first kappa shape index (κ1) is 13.7. The molecule has 0 heterocycles. The summed E-state index contributed by atoms with van der Waals surface area (Å²) in [6.07, 6.45) is 6.58. The van der Waals surface area contributed by atoms with E-state index in [2.05, 4.69) is 28.3 Å². The van der Waals surface area contributed by atoms with Gasteiger partial charge in [-0.1, -0.05) is 40.4 Å². The smallest absolute Gasteiger partial charge is 0.139 e. The van der Waals surface area contributed by atoms with Gasteiger partial charge in [-0.3, -0.25) is 0 Å². The molecule has 2 unspecified atom stereocenters. The van der Waals surface area contributed by atoms with Gasteiger partial charge in [-0.25, -0.2) is 0 Å². The topological polar surface area (TPSA) is 21.3 Å². The normalized spacial score (nSPS) is 28.4. The molecule has 4 heteroatoms. The Balaban J connectivity index is 1.78. The van der Waals surface area contributed by atoms with Gasteiger partial charge in [0.05, 0.1) is 5.02 Å². The second kappa shape index (κ2) is 5.27. The summed E-state index contributed by atoms with van der Waals surface area (Å²) in [5, 5.41) is 4.15. The summed E-state index contributed by atoms with van der Waals surface area (Å²) >= 11 is 9.70. The molecule has 2 aliphatic carbocycles. The first-order chi connectivity index (χ1) is 9.15. The molecule has 1 aromatic carbocycles. The fourth-order valence-electron chi connectivity index (χ4n) is 3.74. The first-order valence-electron chi connectivity index (χ1n) is 6.95. The molecule has 0 saturated heterocycles. The highest BCUT2D eigenvalue weighted by Crippen LogP contribution is 2.55. The van der Waals surface area contributed by atoms with Crippen LogP contribution in [0.1, 0.15) is 32.1 Å². The average Bonchev–Trinajstić information content (AvgIpc) is 2.90. The van der Waals surface area contributed by atoms with Crippen LogP contribution < -0.4 is 10.1 Å². The molecule has 2 atom stereocenters. The van der Waals surface area contributed by atoms with E-state index in [4.69, 9.17) is 16.3 Å². The lowest BCUT2D eigenvalue weighted by atomic mass is 9.60. The molecule has 2 aliphatic rings. The summed E-state index contributed by atoms with van der Waals surface area (Å²) in [4.78, 5) is 0. The van der Waals surface area contributed by atoms with E-state index in [-0.39, 0.29) is 0 Å². The van der Waals surface area contributed by atoms with E-state index in [0.29, 0.717) is 22.6 Å². The van der Waals surface area contributed by atoms with E-state index in [1.807, 2.05) is 18.2 Å². The zero-order valence-corrected chi connectivity index (χ0v) is 13.4. The van der Waals surface area contributed by atoms with Crippen LogP contribution in [0.4, 0.5) is 0 Å². The minimum atomic E-state index is 0.305. The third kappa shape index (κ3) is 2.30. The maximum Gasteiger partial charge on any atom is 0.139 e. The summed E-state index contributed by atoms with van der Waals surface area (Å²) in [7, 11) is 2.06. The van der Waals surface area contributed by atoms with E-state index in [1.54, 1.807) is 0 Å². The Hall–Kier alpha value is -0.250. The van der Waals surface area contributed by atoms with Gasteiger partial charge < -0.3 is 10.1 Å². The number of hydrogen-bond acceptors (Lipinski definition) is 2. The molecule has 1 N–H and O–H groups in total. The molecule has 2 nitrogen and oxygen atoms in total. The maximum absolute atomic E-state index is 6.23. The zero-order chi connectivity index (χ0) is 13.5. The van der Waals surface area contributed by atoms with Crippen molar-refractivity contribution >= 4 is 27.5 Å². The van der Waals surface area contributed by atoms with Gasteiger partial charge in [-0.2, -0.15) is 0 Å². The largest absolute Gasteiger partial charge is 0.488 e. The first-order valence-corrected chi connectivity index (χ1v) is 8.12. The lowest BCUT2D eigenvalue weighted by Gasteiger charge is -2.53. The van der Waals surface area contributed by atoms with Crippen LogP contribution in [0.3, 0.4) is 0 Å². The number of halogens is 2. The van der Waals surface area contributed by atoms with Crippen LogP contribution in [0.25, 0.3) is 0 Å². The lowest BCUT2D eigenvalue weighted by molar-refractivity contribution is -0.0736. The summed E-state index contributed by atoms with van der Waals surface area (Å²) in [6, 6.07) is 6.40. The maximum atomic E-state index is 6.23. The van der Waals surface area contributed by atoms with Gasteiger partial charge in [0.15, 0.2) is 0 Å². The number of ether oxygens (including phenoxy) is 1. The Morgan fingerprint density at radius 2 is 2.11 bits per heavy atom. The molecule has 3 rings (SSSR count). The highest BCUT2D eigenvalue weighted by Gasteiger charge is 2.57. The molecule has 1 aromatic rings. The molecule has 0 amide bonds. The molecule has 0 aliphatic heterocycles. The molecule has 0 aromatic heterocycles. The second-order valence-electron chi connectivity index (χ2n) is 5.70. The molecule has 0 radical (unpaired) electrons. The lowest BCUT2D eigenvalue weighted by Crippen LogP contribution is -2.63. The molecular weight excluding hydrogens is 326 g/mol. The van der Waals surface area contributed by atoms with Gasteiger partial charge in [0.2, 0.25) is 0 Å². The monoisotopic (exact) mass is 343 g/mol. The summed E-state index contributed by atoms with van der Waals surface area (Å²) in [5.74, 6) is 0.807. The Kier molecular flexibility index (Phi) is 3.80. The number of nitrogens with one attached hydrogen (secondary N) is 1. The molecule has 19 heavy (non-hydrogen) atoms. The van der Waals surface area contributed by atoms with Gasteiger partial charge in [0.1, 0.15) is 11.9 Å². The number of rotatable bonds is 3. The molecular formula is C15H19BrClNO. The van der Waals surface area contributed by atoms with Crippen molar-refractivity contribution in [3.05, 3.63) is 27.7 Å². The fourth-order valence-corrected chi connectivity index (χ4v) is 4.24. The fraction of sp³-hybridized carbons (Fsp3) is 0.600. The Morgan fingerprint density at radius 3 is 2.79 bits per heavy atom. The van der Waals surface area contributed by atoms with Crippen molar-refractivity contribution in [2.75, 3.05) is 7.05 Å². The number of hydrogen-bond donors (Lipinski definition) is 1. The third-order valence-corrected chi connectivity index (χ3v) is 5.64. The van der Waals surface area contributed by atoms with Crippen LogP contribution in [0.5, 0.6) is 5.75 Å². The quantitative estimate of drug-likeness (QED) is 0.877. The van der Waals surface area contributed by atoms with E-state index >= 15 is 0 Å². The summed E-state index contributed by atoms with van der Waals surface area (Å²) in [6.45, 7) is 0. The van der Waals surface area contributed by atoms with Crippen LogP contribution in [0, 0.1) is 5.41 Å². The van der Waals surface area contributed by atoms with Crippen molar-refractivity contribution < 1.29 is 4.74 Å². The predicted molar refractivity (Wildman–Crippen MR) is 81.9 cm³/mol. The van der Waals surface area contributed by atoms with E-state index in [1.165, 1.54) is 25.7 Å². The molecule has 2 saturated carbocycles. The van der Waals surface area contributed by atoms with Crippen molar-refractivity contribution in [3.8, 4) is 5.75 Å². The van der Waals surface area contributed by atoms with Gasteiger partial charge in [0, 0.05) is 22.4 Å². The van der Waals surface area contributed by atoms with E-state index in [9.17, 15) is 0 Å². The summed E-state index contributed by atoms with van der Waals surface area (Å²) < 4.78 is 7.24. The average molecular weight is 345 g/mol. The van der Waals surface area contributed by atoms with Crippen molar-refractivity contribution in [2.45, 2.75) is 44.2 Å². The predicted octanol–water partition coefficient (Wildman–Crippen LogP) is 4.40. The van der Waals surface area contributed by atoms with Crippen molar-refractivity contribution in [2.24, 2.45) is 5.41 Å². The van der Waals surface area contributed by atoms with Crippen LogP contribution in [0.2, 0.25) is 5.02 Å². The van der Waals surface area contributed by atoms with Crippen LogP contribution >= 0.6 is 27.5 Å². The SMILES string of the molecule is CNC1CC(Oc2cc(Br)ccc2Cl)C12CCCC2. The molecule has 104 valence electrons. The standard InChI is InChI=1S/C15H19BrClNO/c1-18-13-9-14(15(13)6-2-3-7-15)19-12-8-10(16)4-5-11(12)17/h4-5,8,13-14,18H,2-3,6-7,9H2,1H3. The van der Waals surface area contributed by atoms with Crippen molar-refractivity contribution in [1.29, 1.82) is 0 Å². The van der Waals surface area contributed by atoms with Crippen LogP contribution in [0.15, 0.2) is 22.7 Å². The van der Waals surface area contributed by atoms with Gasteiger partial charge in [-0.15, -0.1) is 0 Å². The van der Waals surface area contributed by atoms with Crippen molar-refractivity contribution in [1.82, 2.24) is 5.32 Å². The highest BCUT2D eigenvalue weighted by atomic mass is 79.9. The van der Waals surface area contributed by atoms with E-state index in [0.717, 1.165) is 16.6 Å². The Labute approximate surface area is 128 Å². The molecule has 1 spiro atoms. The zero-order valence-electron chi connectivity index (χ0n) is 11.1. The van der Waals surface area contributed by atoms with Crippen molar-refractivity contribution in [3.63, 3.8) is 0 Å². The third-order valence-electron chi connectivity index (χ3n) is 4.83. The Bertz CT molecular complexity index is 473. The van der Waals surface area contributed by atoms with Gasteiger partial charge in [0.25, 0.3) is 0 Å². The minimum absolute atomic E-state index is 0.305. The van der Waals surface area contributed by atoms with Crippen LogP contribution in [-0.4, -0.2) is 19.2 Å². The summed E-state index contributed by atoms with van der Waals surface area (Å²) in [5.41, 5.74) is 0.334. The minimum Gasteiger partial charge on any atom is -0.488 e. The van der Waals surface area contributed by atoms with Gasteiger partial charge in [-0.05, 0) is 38.1 Å². The highest BCUT2D eigenvalue weighted by molar-refractivity contribution is 9.10. The molecule has 2 fully saturated rings. The number of benzene rings is 1. The van der Waals surface area contributed by atoms with Gasteiger partial charge >= 0.3 is 0 Å². The van der Waals surface area contributed by atoms with Crippen LogP contribution in [-0.2, 0) is 0 Å². The second-order valence-corrected chi connectivity index (χ2v) is 7.02.